The highest BCUT2D eigenvalue weighted by Gasteiger charge is 2.28. The third-order valence-corrected chi connectivity index (χ3v) is 3.45. The first kappa shape index (κ1) is 15.2. The second kappa shape index (κ2) is 5.83. The average Bonchev–Trinajstić information content (AvgIpc) is 2.52. The van der Waals surface area contributed by atoms with Gasteiger partial charge in [0.15, 0.2) is 0 Å². The fourth-order valence-corrected chi connectivity index (χ4v) is 2.52. The minimum Gasteiger partial charge on any atom is -0.282 e. The van der Waals surface area contributed by atoms with Crippen LogP contribution in [0.5, 0.6) is 0 Å². The molecular weight excluding hydrogens is 305 g/mol. The zero-order valence-electron chi connectivity index (χ0n) is 12.2. The van der Waals surface area contributed by atoms with Gasteiger partial charge in [0.05, 0.1) is 11.2 Å². The standard InChI is InChI=1S/C16H13F3N4/c1-2-11-12(6-5-10-4-3-7-20-15(10)11)13-8-14(22-9-21-13)23-16(17,18)19/h3-9H,2H2,1H3,(H,21,22,23). The Hall–Kier alpha value is -2.70. The molecule has 118 valence electrons. The van der Waals surface area contributed by atoms with Crippen LogP contribution in [-0.4, -0.2) is 21.3 Å². The minimum atomic E-state index is -4.54. The summed E-state index contributed by atoms with van der Waals surface area (Å²) in [6.45, 7) is 1.98. The van der Waals surface area contributed by atoms with Gasteiger partial charge in [0.2, 0.25) is 0 Å². The summed E-state index contributed by atoms with van der Waals surface area (Å²) < 4.78 is 37.3. The van der Waals surface area contributed by atoms with Gasteiger partial charge in [0, 0.05) is 23.2 Å². The van der Waals surface area contributed by atoms with E-state index in [0.717, 1.165) is 28.4 Å². The maximum absolute atomic E-state index is 12.4. The summed E-state index contributed by atoms with van der Waals surface area (Å²) in [5, 5.41) is 2.38. The van der Waals surface area contributed by atoms with Crippen LogP contribution in [0.4, 0.5) is 19.0 Å². The largest absolute Gasteiger partial charge is 0.483 e. The third-order valence-electron chi connectivity index (χ3n) is 3.45. The van der Waals surface area contributed by atoms with Gasteiger partial charge in [-0.1, -0.05) is 25.1 Å². The van der Waals surface area contributed by atoms with Crippen LogP contribution in [0.2, 0.25) is 0 Å². The Morgan fingerprint density at radius 1 is 1.09 bits per heavy atom. The number of aryl methyl sites for hydroxylation is 1. The minimum absolute atomic E-state index is 0.286. The van der Waals surface area contributed by atoms with E-state index < -0.39 is 6.30 Å². The predicted molar refractivity (Wildman–Crippen MR) is 81.8 cm³/mol. The monoisotopic (exact) mass is 318 g/mol. The molecule has 0 saturated heterocycles. The summed E-state index contributed by atoms with van der Waals surface area (Å²) in [6.07, 6.45) is -1.03. The van der Waals surface area contributed by atoms with Crippen LogP contribution < -0.4 is 5.32 Å². The lowest BCUT2D eigenvalue weighted by molar-refractivity contribution is -0.100. The third kappa shape index (κ3) is 3.23. The number of aromatic nitrogens is 3. The molecule has 0 aliphatic heterocycles. The fourth-order valence-electron chi connectivity index (χ4n) is 2.52. The van der Waals surface area contributed by atoms with E-state index in [1.165, 1.54) is 11.4 Å². The Morgan fingerprint density at radius 2 is 1.91 bits per heavy atom. The van der Waals surface area contributed by atoms with Gasteiger partial charge >= 0.3 is 6.30 Å². The number of nitrogens with one attached hydrogen (secondary N) is 1. The average molecular weight is 318 g/mol. The van der Waals surface area contributed by atoms with Crippen LogP contribution in [-0.2, 0) is 6.42 Å². The molecule has 1 aromatic carbocycles. The van der Waals surface area contributed by atoms with Crippen molar-refractivity contribution in [3.05, 3.63) is 48.4 Å². The molecule has 0 spiro atoms. The van der Waals surface area contributed by atoms with E-state index >= 15 is 0 Å². The quantitative estimate of drug-likeness (QED) is 0.736. The van der Waals surface area contributed by atoms with Gasteiger partial charge in [-0.05, 0) is 18.1 Å². The van der Waals surface area contributed by atoms with Gasteiger partial charge in [0.25, 0.3) is 0 Å². The van der Waals surface area contributed by atoms with Crippen LogP contribution in [0.15, 0.2) is 42.9 Å². The highest BCUT2D eigenvalue weighted by molar-refractivity contribution is 5.88. The Bertz CT molecular complexity index is 846. The van der Waals surface area contributed by atoms with Gasteiger partial charge in [-0.15, -0.1) is 0 Å². The number of rotatable bonds is 3. The second-order valence-corrected chi connectivity index (χ2v) is 4.93. The van der Waals surface area contributed by atoms with Crippen molar-refractivity contribution in [2.45, 2.75) is 19.6 Å². The summed E-state index contributed by atoms with van der Waals surface area (Å²) in [7, 11) is 0. The molecule has 3 aromatic rings. The number of anilines is 1. The number of halogens is 3. The van der Waals surface area contributed by atoms with E-state index in [0.29, 0.717) is 12.1 Å². The molecular formula is C16H13F3N4. The Kier molecular flexibility index (Phi) is 3.85. The van der Waals surface area contributed by atoms with Gasteiger partial charge < -0.3 is 0 Å². The lowest BCUT2D eigenvalue weighted by Gasteiger charge is -2.12. The molecule has 0 atom stereocenters. The van der Waals surface area contributed by atoms with E-state index in [1.54, 1.807) is 6.20 Å². The van der Waals surface area contributed by atoms with E-state index in [-0.39, 0.29) is 5.82 Å². The summed E-state index contributed by atoms with van der Waals surface area (Å²) >= 11 is 0. The summed E-state index contributed by atoms with van der Waals surface area (Å²) in [5.41, 5.74) is 2.96. The molecule has 2 heterocycles. The van der Waals surface area contributed by atoms with Crippen molar-refractivity contribution in [2.75, 3.05) is 5.32 Å². The number of nitrogens with zero attached hydrogens (tertiary/aromatic N) is 3. The SMILES string of the molecule is CCc1c(-c2cc(NC(F)(F)F)ncn2)ccc2cccnc12. The van der Waals surface area contributed by atoms with Crippen molar-refractivity contribution in [3.63, 3.8) is 0 Å². The first-order chi connectivity index (χ1) is 11.0. The Morgan fingerprint density at radius 3 is 2.65 bits per heavy atom. The number of pyridine rings is 1. The lowest BCUT2D eigenvalue weighted by atomic mass is 9.98. The highest BCUT2D eigenvalue weighted by atomic mass is 19.4. The van der Waals surface area contributed by atoms with Crippen molar-refractivity contribution in [3.8, 4) is 11.3 Å². The summed E-state index contributed by atoms with van der Waals surface area (Å²) in [6, 6.07) is 8.81. The molecule has 3 rings (SSSR count). The van der Waals surface area contributed by atoms with Crippen molar-refractivity contribution < 1.29 is 13.2 Å². The van der Waals surface area contributed by atoms with Crippen molar-refractivity contribution in [1.82, 2.24) is 15.0 Å². The molecule has 0 unspecified atom stereocenters. The van der Waals surface area contributed by atoms with Gasteiger partial charge in [0.1, 0.15) is 12.1 Å². The van der Waals surface area contributed by atoms with E-state index in [4.69, 9.17) is 0 Å². The van der Waals surface area contributed by atoms with E-state index in [2.05, 4.69) is 15.0 Å². The zero-order valence-corrected chi connectivity index (χ0v) is 12.2. The topological polar surface area (TPSA) is 50.7 Å². The maximum Gasteiger partial charge on any atom is 0.483 e. The zero-order chi connectivity index (χ0) is 16.4. The number of benzene rings is 1. The lowest BCUT2D eigenvalue weighted by Crippen LogP contribution is -2.21. The molecule has 4 nitrogen and oxygen atoms in total. The molecule has 7 heteroatoms. The normalized spacial score (nSPS) is 11.7. The summed E-state index contributed by atoms with van der Waals surface area (Å²) in [5.74, 6) is -0.286. The maximum atomic E-state index is 12.4. The molecule has 0 fully saturated rings. The molecule has 0 radical (unpaired) electrons. The van der Waals surface area contributed by atoms with Crippen LogP contribution in [0.3, 0.4) is 0 Å². The molecule has 0 aliphatic carbocycles. The smallest absolute Gasteiger partial charge is 0.282 e. The van der Waals surface area contributed by atoms with Crippen molar-refractivity contribution in [2.24, 2.45) is 0 Å². The predicted octanol–water partition coefficient (Wildman–Crippen LogP) is 4.19. The highest BCUT2D eigenvalue weighted by Crippen LogP contribution is 2.30. The molecule has 0 aliphatic rings. The van der Waals surface area contributed by atoms with Gasteiger partial charge in [-0.25, -0.2) is 9.97 Å². The number of alkyl halides is 3. The van der Waals surface area contributed by atoms with Crippen molar-refractivity contribution in [1.29, 1.82) is 0 Å². The number of fused-ring (bicyclic) bond motifs is 1. The first-order valence-corrected chi connectivity index (χ1v) is 7.02. The second-order valence-electron chi connectivity index (χ2n) is 4.93. The molecule has 0 amide bonds. The molecule has 0 saturated carbocycles. The van der Waals surface area contributed by atoms with Gasteiger partial charge in [-0.3, -0.25) is 10.3 Å². The fraction of sp³-hybridized carbons (Fsp3) is 0.188. The van der Waals surface area contributed by atoms with Crippen LogP contribution in [0.1, 0.15) is 12.5 Å². The molecule has 2 aromatic heterocycles. The Labute approximate surface area is 130 Å². The molecule has 0 bridgehead atoms. The van der Waals surface area contributed by atoms with Crippen LogP contribution in [0, 0.1) is 0 Å². The first-order valence-electron chi connectivity index (χ1n) is 7.02. The van der Waals surface area contributed by atoms with E-state index in [1.807, 2.05) is 31.2 Å². The Balaban J connectivity index is 2.11. The number of hydrogen-bond acceptors (Lipinski definition) is 4. The molecule has 1 N–H and O–H groups in total. The summed E-state index contributed by atoms with van der Waals surface area (Å²) in [4.78, 5) is 12.1. The number of hydrogen-bond donors (Lipinski definition) is 1. The van der Waals surface area contributed by atoms with Crippen LogP contribution >= 0.6 is 0 Å². The van der Waals surface area contributed by atoms with E-state index in [9.17, 15) is 13.2 Å². The van der Waals surface area contributed by atoms with Gasteiger partial charge in [-0.2, -0.15) is 13.2 Å². The van der Waals surface area contributed by atoms with Crippen LogP contribution in [0.25, 0.3) is 22.2 Å². The van der Waals surface area contributed by atoms with Crippen molar-refractivity contribution >= 4 is 16.7 Å². The molecule has 23 heavy (non-hydrogen) atoms.